The zero-order chi connectivity index (χ0) is 40.2. The van der Waals surface area contributed by atoms with E-state index in [0.717, 1.165) is 28.6 Å². The van der Waals surface area contributed by atoms with E-state index in [1.807, 2.05) is 31.1 Å². The summed E-state index contributed by atoms with van der Waals surface area (Å²) in [6, 6.07) is 16.7. The molecular formula is C41H42N8O8. The highest BCUT2D eigenvalue weighted by Crippen LogP contribution is 2.39. The number of benzene rings is 3. The molecule has 1 atom stereocenters. The zero-order valence-electron chi connectivity index (χ0n) is 31.8. The molecule has 3 N–H and O–H groups in total. The van der Waals surface area contributed by atoms with Crippen LogP contribution in [0.5, 0.6) is 11.5 Å². The fourth-order valence-electron chi connectivity index (χ4n) is 7.19. The Morgan fingerprint density at radius 3 is 2.56 bits per heavy atom. The molecule has 0 bridgehead atoms. The van der Waals surface area contributed by atoms with Gasteiger partial charge in [-0.3, -0.25) is 39.0 Å². The van der Waals surface area contributed by atoms with E-state index in [1.165, 1.54) is 30.9 Å². The first-order chi connectivity index (χ1) is 27.5. The van der Waals surface area contributed by atoms with Crippen LogP contribution < -0.4 is 35.2 Å². The van der Waals surface area contributed by atoms with Crippen molar-refractivity contribution in [2.75, 3.05) is 49.5 Å². The standard InChI is InChI=1S/C41H42N8O8/c1-47-22-25-10-6-7-13-29(25)48(2)36-31(47)21-43-41(46-36)44-28-16-15-24(20-33(28)56-3)37(52)42-19-8-4-5-11-26(50)23-57-32-14-9-12-27-35(32)40(55)49(39(27)54)30-17-18-34(51)45-38(30)53/h6-7,9-10,12-16,20-21,30H,4-5,8,11,17-19,22-23H2,1-3H3,(H,42,52)(H,43,44,46)(H,45,51,53). The average molecular weight is 775 g/mol. The minimum absolute atomic E-state index is 0.00830. The Kier molecular flexibility index (Phi) is 11.1. The summed E-state index contributed by atoms with van der Waals surface area (Å²) in [6.45, 7) is 0.818. The third-order valence-electron chi connectivity index (χ3n) is 10.2. The third kappa shape index (κ3) is 7.97. The van der Waals surface area contributed by atoms with Crippen LogP contribution in [0.15, 0.2) is 66.9 Å². The Bertz CT molecular complexity index is 2280. The molecule has 0 spiro atoms. The van der Waals surface area contributed by atoms with Gasteiger partial charge in [0.15, 0.2) is 11.6 Å². The Morgan fingerprint density at radius 2 is 1.75 bits per heavy atom. The number of amides is 5. The van der Waals surface area contributed by atoms with E-state index < -0.39 is 29.7 Å². The molecule has 3 aromatic carbocycles. The predicted octanol–water partition coefficient (Wildman–Crippen LogP) is 4.29. The zero-order valence-corrected chi connectivity index (χ0v) is 31.8. The van der Waals surface area contributed by atoms with Gasteiger partial charge in [0.1, 0.15) is 24.1 Å². The van der Waals surface area contributed by atoms with Crippen LogP contribution in [-0.2, 0) is 20.9 Å². The number of hydrogen-bond donors (Lipinski definition) is 3. The first-order valence-electron chi connectivity index (χ1n) is 18.7. The molecule has 1 fully saturated rings. The molecule has 16 nitrogen and oxygen atoms in total. The second-order valence-electron chi connectivity index (χ2n) is 14.0. The van der Waals surface area contributed by atoms with Gasteiger partial charge in [0.25, 0.3) is 17.7 Å². The summed E-state index contributed by atoms with van der Waals surface area (Å²) in [7, 11) is 5.51. The highest BCUT2D eigenvalue weighted by Gasteiger charge is 2.46. The Balaban J connectivity index is 0.861. The Labute approximate surface area is 328 Å². The van der Waals surface area contributed by atoms with Crippen LogP contribution >= 0.6 is 0 Å². The van der Waals surface area contributed by atoms with Crippen molar-refractivity contribution < 1.29 is 38.2 Å². The molecule has 294 valence electrons. The van der Waals surface area contributed by atoms with Crippen molar-refractivity contribution >= 4 is 64.1 Å². The van der Waals surface area contributed by atoms with Crippen molar-refractivity contribution in [3.63, 3.8) is 0 Å². The summed E-state index contributed by atoms with van der Waals surface area (Å²) >= 11 is 0. The molecule has 7 rings (SSSR count). The van der Waals surface area contributed by atoms with Gasteiger partial charge in [-0.15, -0.1) is 0 Å². The lowest BCUT2D eigenvalue weighted by Crippen LogP contribution is -2.54. The number of anilines is 5. The monoisotopic (exact) mass is 774 g/mol. The van der Waals surface area contributed by atoms with Gasteiger partial charge in [0.2, 0.25) is 17.8 Å². The van der Waals surface area contributed by atoms with Gasteiger partial charge in [-0.2, -0.15) is 4.98 Å². The molecule has 0 aliphatic carbocycles. The number of para-hydroxylation sites is 1. The fraction of sp³-hybridized carbons (Fsp3) is 0.317. The van der Waals surface area contributed by atoms with Gasteiger partial charge in [0.05, 0.1) is 35.8 Å². The summed E-state index contributed by atoms with van der Waals surface area (Å²) in [5, 5.41) is 8.31. The number of carbonyl (C=O) groups excluding carboxylic acids is 6. The van der Waals surface area contributed by atoms with Crippen molar-refractivity contribution in [2.24, 2.45) is 0 Å². The third-order valence-corrected chi connectivity index (χ3v) is 10.2. The first kappa shape index (κ1) is 38.4. The number of unbranched alkanes of at least 4 members (excludes halogenated alkanes) is 2. The van der Waals surface area contributed by atoms with Crippen LogP contribution in [-0.4, -0.2) is 90.6 Å². The van der Waals surface area contributed by atoms with Gasteiger partial charge in [-0.05, 0) is 61.2 Å². The summed E-state index contributed by atoms with van der Waals surface area (Å²) in [5.41, 5.74) is 4.22. The number of hydrogen-bond acceptors (Lipinski definition) is 13. The molecule has 5 amide bonds. The number of nitrogens with one attached hydrogen (secondary N) is 3. The fourth-order valence-corrected chi connectivity index (χ4v) is 7.19. The van der Waals surface area contributed by atoms with Crippen LogP contribution in [0.3, 0.4) is 0 Å². The van der Waals surface area contributed by atoms with E-state index in [4.69, 9.17) is 14.5 Å². The topological polar surface area (TPSA) is 192 Å². The number of piperidine rings is 1. The highest BCUT2D eigenvalue weighted by molar-refractivity contribution is 6.24. The number of imide groups is 2. The van der Waals surface area contributed by atoms with Crippen molar-refractivity contribution in [3.8, 4) is 11.5 Å². The maximum absolute atomic E-state index is 13.2. The number of carbonyl (C=O) groups is 6. The molecule has 1 unspecified atom stereocenters. The van der Waals surface area contributed by atoms with Crippen molar-refractivity contribution in [2.45, 2.75) is 51.1 Å². The summed E-state index contributed by atoms with van der Waals surface area (Å²) < 4.78 is 11.3. The van der Waals surface area contributed by atoms with Crippen LogP contribution in [0.2, 0.25) is 0 Å². The van der Waals surface area contributed by atoms with E-state index in [1.54, 1.807) is 24.4 Å². The van der Waals surface area contributed by atoms with Crippen molar-refractivity contribution in [1.29, 1.82) is 0 Å². The number of nitrogens with zero attached hydrogens (tertiary/aromatic N) is 5. The predicted molar refractivity (Wildman–Crippen MR) is 209 cm³/mol. The lowest BCUT2D eigenvalue weighted by molar-refractivity contribution is -0.136. The molecular weight excluding hydrogens is 732 g/mol. The quantitative estimate of drug-likeness (QED) is 0.122. The van der Waals surface area contributed by atoms with Gasteiger partial charge in [-0.1, -0.05) is 30.7 Å². The van der Waals surface area contributed by atoms with E-state index >= 15 is 0 Å². The normalized spacial score (nSPS) is 16.0. The molecule has 4 heterocycles. The second-order valence-corrected chi connectivity index (χ2v) is 14.0. The minimum atomic E-state index is -1.10. The van der Waals surface area contributed by atoms with Gasteiger partial charge in [-0.25, -0.2) is 4.98 Å². The molecule has 1 aromatic heterocycles. The van der Waals surface area contributed by atoms with Crippen LogP contribution in [0.25, 0.3) is 0 Å². The van der Waals surface area contributed by atoms with E-state index in [2.05, 4.69) is 38.0 Å². The molecule has 0 saturated carbocycles. The highest BCUT2D eigenvalue weighted by atomic mass is 16.5. The average Bonchev–Trinajstić information content (AvgIpc) is 3.40. The number of methoxy groups -OCH3 is 1. The molecule has 0 radical (unpaired) electrons. The molecule has 3 aliphatic rings. The molecule has 57 heavy (non-hydrogen) atoms. The molecule has 4 aromatic rings. The Hall–Kier alpha value is -6.84. The van der Waals surface area contributed by atoms with Crippen LogP contribution in [0, 0.1) is 0 Å². The maximum atomic E-state index is 13.2. The summed E-state index contributed by atoms with van der Waals surface area (Å²) in [5.74, 6) is -1.34. The molecule has 3 aliphatic heterocycles. The van der Waals surface area contributed by atoms with E-state index in [-0.39, 0.29) is 54.4 Å². The van der Waals surface area contributed by atoms with E-state index in [0.29, 0.717) is 48.8 Å². The number of rotatable bonds is 14. The SMILES string of the molecule is COc1cc(C(=O)NCCCCCC(=O)COc2cccc3c2C(=O)N(C2CCC(=O)NC2=O)C3=O)ccc1Nc1ncc2c(n1)N(C)c1ccccc1CN2C. The van der Waals surface area contributed by atoms with Gasteiger partial charge in [0, 0.05) is 51.3 Å². The van der Waals surface area contributed by atoms with Crippen LogP contribution in [0.4, 0.5) is 28.8 Å². The number of ketones is 1. The second kappa shape index (κ2) is 16.5. The lowest BCUT2D eigenvalue weighted by Gasteiger charge is -2.27. The smallest absolute Gasteiger partial charge is 0.266 e. The summed E-state index contributed by atoms with van der Waals surface area (Å²) in [4.78, 5) is 90.3. The van der Waals surface area contributed by atoms with Crippen molar-refractivity contribution in [3.05, 3.63) is 89.1 Å². The summed E-state index contributed by atoms with van der Waals surface area (Å²) in [6.07, 6.45) is 3.92. The van der Waals surface area contributed by atoms with Gasteiger partial charge < -0.3 is 29.9 Å². The maximum Gasteiger partial charge on any atom is 0.266 e. The number of ether oxygens (including phenoxy) is 2. The number of aromatic nitrogens is 2. The first-order valence-corrected chi connectivity index (χ1v) is 18.7. The minimum Gasteiger partial charge on any atom is -0.495 e. The van der Waals surface area contributed by atoms with Gasteiger partial charge >= 0.3 is 0 Å². The largest absolute Gasteiger partial charge is 0.495 e. The lowest BCUT2D eigenvalue weighted by atomic mass is 10.0. The Morgan fingerprint density at radius 1 is 0.930 bits per heavy atom. The number of fused-ring (bicyclic) bond motifs is 3. The van der Waals surface area contributed by atoms with Crippen molar-refractivity contribution in [1.82, 2.24) is 25.5 Å². The van der Waals surface area contributed by atoms with Crippen LogP contribution in [0.1, 0.15) is 75.2 Å². The molecule has 1 saturated heterocycles. The molecule has 16 heteroatoms. The van der Waals surface area contributed by atoms with E-state index in [9.17, 15) is 28.8 Å². The number of Topliss-reactive ketones (excluding diaryl/α,β-unsaturated/α-hetero) is 1.